The molecule has 0 saturated carbocycles. The zero-order valence-corrected chi connectivity index (χ0v) is 15.5. The van der Waals surface area contributed by atoms with Crippen LogP contribution in [0.15, 0.2) is 43.9 Å². The van der Waals surface area contributed by atoms with Crippen molar-refractivity contribution >= 4 is 56.9 Å². The van der Waals surface area contributed by atoms with Crippen molar-refractivity contribution in [3.8, 4) is 5.75 Å². The third-order valence-corrected chi connectivity index (χ3v) is 4.30. The lowest BCUT2D eigenvalue weighted by atomic mass is 10.2. The maximum Gasteiger partial charge on any atom is 0.331 e. The largest absolute Gasteiger partial charge is 0.466 e. The van der Waals surface area contributed by atoms with Crippen LogP contribution in [0.2, 0.25) is 0 Å². The lowest BCUT2D eigenvalue weighted by molar-refractivity contribution is -0.135. The minimum Gasteiger partial charge on any atom is -0.466 e. The van der Waals surface area contributed by atoms with Crippen molar-refractivity contribution in [2.24, 2.45) is 10.2 Å². The smallest absolute Gasteiger partial charge is 0.331 e. The first-order chi connectivity index (χ1) is 11.9. The average molecular weight is 426 g/mol. The van der Waals surface area contributed by atoms with E-state index in [0.29, 0.717) is 11.3 Å². The lowest BCUT2D eigenvalue weighted by Crippen LogP contribution is -2.19. The molecule has 0 atom stereocenters. The minimum atomic E-state index is -0.631. The van der Waals surface area contributed by atoms with Crippen LogP contribution in [0.4, 0.5) is 0 Å². The first-order valence-corrected chi connectivity index (χ1v) is 8.38. The molecule has 0 bridgehead atoms. The summed E-state index contributed by atoms with van der Waals surface area (Å²) in [5, 5.41) is 10.5. The molecule has 1 aliphatic rings. The number of esters is 2. The fourth-order valence-corrected chi connectivity index (χ4v) is 2.72. The molecule has 10 heteroatoms. The Balaban J connectivity index is 2.11. The van der Waals surface area contributed by atoms with Gasteiger partial charge in [-0.1, -0.05) is 15.9 Å². The maximum absolute atomic E-state index is 11.7. The van der Waals surface area contributed by atoms with Crippen LogP contribution in [-0.2, 0) is 19.1 Å². The predicted molar refractivity (Wildman–Crippen MR) is 96.3 cm³/mol. The van der Waals surface area contributed by atoms with Crippen LogP contribution in [-0.4, -0.2) is 36.3 Å². The van der Waals surface area contributed by atoms with Gasteiger partial charge in [0.15, 0.2) is 5.17 Å². The quantitative estimate of drug-likeness (QED) is 0.260. The highest BCUT2D eigenvalue weighted by Gasteiger charge is 2.24. The molecule has 0 unspecified atom stereocenters. The van der Waals surface area contributed by atoms with Crippen molar-refractivity contribution in [2.45, 2.75) is 6.92 Å². The summed E-state index contributed by atoms with van der Waals surface area (Å²) in [6.07, 6.45) is 2.50. The van der Waals surface area contributed by atoms with E-state index in [4.69, 9.17) is 4.74 Å². The fourth-order valence-electron chi connectivity index (χ4n) is 1.63. The van der Waals surface area contributed by atoms with Crippen molar-refractivity contribution in [1.29, 1.82) is 0 Å². The molecule has 1 amide bonds. The SMILES string of the molecule is COC(=O)/C=C1/S/C(=N\N=Cc2cc(OC(C)=O)ccc2Br)NC1=O. The van der Waals surface area contributed by atoms with Gasteiger partial charge in [-0.05, 0) is 30.0 Å². The van der Waals surface area contributed by atoms with Gasteiger partial charge in [-0.3, -0.25) is 14.9 Å². The number of amidine groups is 1. The fraction of sp³-hybridized carbons (Fsp3) is 0.133. The Kier molecular flexibility index (Phi) is 6.48. The third-order valence-electron chi connectivity index (χ3n) is 2.68. The van der Waals surface area contributed by atoms with Gasteiger partial charge in [-0.15, -0.1) is 5.10 Å². The molecule has 0 spiro atoms. The summed E-state index contributed by atoms with van der Waals surface area (Å²) in [6, 6.07) is 4.94. The van der Waals surface area contributed by atoms with Crippen molar-refractivity contribution in [3.63, 3.8) is 0 Å². The van der Waals surface area contributed by atoms with Crippen molar-refractivity contribution in [3.05, 3.63) is 39.2 Å². The number of nitrogens with one attached hydrogen (secondary N) is 1. The number of hydrogen-bond donors (Lipinski definition) is 1. The summed E-state index contributed by atoms with van der Waals surface area (Å²) in [7, 11) is 1.22. The van der Waals surface area contributed by atoms with Gasteiger partial charge in [0.25, 0.3) is 5.91 Å². The number of carbonyl (C=O) groups is 3. The Hall–Kier alpha value is -2.46. The van der Waals surface area contributed by atoms with Crippen molar-refractivity contribution < 1.29 is 23.9 Å². The molecule has 1 fully saturated rings. The molecular formula is C15H12BrN3O5S. The topological polar surface area (TPSA) is 106 Å². The molecule has 0 aromatic heterocycles. The zero-order valence-electron chi connectivity index (χ0n) is 13.1. The van der Waals surface area contributed by atoms with E-state index in [1.54, 1.807) is 18.2 Å². The molecule has 1 aromatic carbocycles. The Bertz CT molecular complexity index is 819. The highest BCUT2D eigenvalue weighted by molar-refractivity contribution is 9.10. The number of thioether (sulfide) groups is 1. The molecule has 130 valence electrons. The molecule has 2 rings (SSSR count). The Morgan fingerprint density at radius 1 is 1.36 bits per heavy atom. The van der Waals surface area contributed by atoms with Crippen LogP contribution in [0.5, 0.6) is 5.75 Å². The molecular weight excluding hydrogens is 414 g/mol. The van der Waals surface area contributed by atoms with E-state index in [1.807, 2.05) is 0 Å². The molecule has 25 heavy (non-hydrogen) atoms. The first-order valence-electron chi connectivity index (χ1n) is 6.77. The van der Waals surface area contributed by atoms with Crippen LogP contribution < -0.4 is 10.1 Å². The second-order valence-electron chi connectivity index (χ2n) is 4.51. The summed E-state index contributed by atoms with van der Waals surface area (Å²) in [5.41, 5.74) is 0.628. The minimum absolute atomic E-state index is 0.166. The second-order valence-corrected chi connectivity index (χ2v) is 6.40. The van der Waals surface area contributed by atoms with Crippen molar-refractivity contribution in [1.82, 2.24) is 5.32 Å². The molecule has 0 radical (unpaired) electrons. The van der Waals surface area contributed by atoms with Crippen LogP contribution in [0.1, 0.15) is 12.5 Å². The number of nitrogens with zero attached hydrogens (tertiary/aromatic N) is 2. The maximum atomic E-state index is 11.7. The summed E-state index contributed by atoms with van der Waals surface area (Å²) < 4.78 is 10.2. The molecule has 1 heterocycles. The summed E-state index contributed by atoms with van der Waals surface area (Å²) in [6.45, 7) is 1.31. The van der Waals surface area contributed by atoms with Gasteiger partial charge in [0, 0.05) is 23.0 Å². The molecule has 1 aromatic rings. The van der Waals surface area contributed by atoms with Gasteiger partial charge in [0.05, 0.1) is 18.2 Å². The van der Waals surface area contributed by atoms with Crippen LogP contribution in [0, 0.1) is 0 Å². The van der Waals surface area contributed by atoms with E-state index in [0.717, 1.165) is 22.3 Å². The number of benzene rings is 1. The molecule has 1 saturated heterocycles. The molecule has 0 aliphatic carbocycles. The highest BCUT2D eigenvalue weighted by Crippen LogP contribution is 2.24. The van der Waals surface area contributed by atoms with E-state index in [-0.39, 0.29) is 10.1 Å². The van der Waals surface area contributed by atoms with Crippen molar-refractivity contribution in [2.75, 3.05) is 7.11 Å². The predicted octanol–water partition coefficient (Wildman–Crippen LogP) is 1.98. The normalized spacial score (nSPS) is 17.2. The number of ether oxygens (including phenoxy) is 2. The van der Waals surface area contributed by atoms with Gasteiger partial charge in [0.1, 0.15) is 5.75 Å². The second kappa shape index (κ2) is 8.58. The van der Waals surface area contributed by atoms with E-state index < -0.39 is 17.8 Å². The number of methoxy groups -OCH3 is 1. The monoisotopic (exact) mass is 425 g/mol. The molecule has 8 nitrogen and oxygen atoms in total. The standard InChI is InChI=1S/C15H12BrN3O5S/c1-8(20)24-10-3-4-11(16)9(5-10)7-17-19-15-18-14(22)12(25-15)6-13(21)23-2/h3-7H,1-2H3,(H,18,19,22)/b12-6+,17-7?. The van der Waals surface area contributed by atoms with Gasteiger partial charge in [-0.25, -0.2) is 4.79 Å². The molecule has 1 aliphatic heterocycles. The Labute approximate surface area is 155 Å². The first kappa shape index (κ1) is 18.9. The van der Waals surface area contributed by atoms with Crippen LogP contribution in [0.3, 0.4) is 0 Å². The Morgan fingerprint density at radius 2 is 2.12 bits per heavy atom. The average Bonchev–Trinajstić information content (AvgIpc) is 2.89. The number of amides is 1. The number of carbonyl (C=O) groups excluding carboxylic acids is 3. The van der Waals surface area contributed by atoms with E-state index in [2.05, 4.69) is 36.2 Å². The number of halogens is 1. The van der Waals surface area contributed by atoms with Crippen LogP contribution >= 0.6 is 27.7 Å². The Morgan fingerprint density at radius 3 is 2.80 bits per heavy atom. The zero-order chi connectivity index (χ0) is 18.4. The van der Waals surface area contributed by atoms with E-state index >= 15 is 0 Å². The highest BCUT2D eigenvalue weighted by atomic mass is 79.9. The summed E-state index contributed by atoms with van der Waals surface area (Å²) in [4.78, 5) is 34.0. The van der Waals surface area contributed by atoms with Gasteiger partial charge in [0.2, 0.25) is 0 Å². The van der Waals surface area contributed by atoms with Crippen LogP contribution in [0.25, 0.3) is 0 Å². The molecule has 1 N–H and O–H groups in total. The van der Waals surface area contributed by atoms with E-state index in [9.17, 15) is 14.4 Å². The van der Waals surface area contributed by atoms with Gasteiger partial charge in [-0.2, -0.15) is 5.10 Å². The summed E-state index contributed by atoms with van der Waals surface area (Å²) in [5.74, 6) is -1.15. The van der Waals surface area contributed by atoms with Gasteiger partial charge < -0.3 is 9.47 Å². The van der Waals surface area contributed by atoms with E-state index in [1.165, 1.54) is 20.2 Å². The lowest BCUT2D eigenvalue weighted by Gasteiger charge is -2.03. The summed E-state index contributed by atoms with van der Waals surface area (Å²) >= 11 is 4.32. The third kappa shape index (κ3) is 5.54. The number of rotatable bonds is 4. The number of hydrogen-bond acceptors (Lipinski definition) is 8. The van der Waals surface area contributed by atoms with Gasteiger partial charge >= 0.3 is 11.9 Å².